The van der Waals surface area contributed by atoms with E-state index in [-0.39, 0.29) is 5.28 Å². The maximum Gasteiger partial charge on any atom is 0.228 e. The van der Waals surface area contributed by atoms with Gasteiger partial charge in [-0.3, -0.25) is 0 Å². The fourth-order valence-corrected chi connectivity index (χ4v) is 3.27. The highest BCUT2D eigenvalue weighted by Gasteiger charge is 2.04. The van der Waals surface area contributed by atoms with Crippen molar-refractivity contribution in [1.82, 2.24) is 15.0 Å². The van der Waals surface area contributed by atoms with Crippen LogP contribution in [0.4, 0.5) is 11.9 Å². The summed E-state index contributed by atoms with van der Waals surface area (Å²) < 4.78 is 0. The lowest BCUT2D eigenvalue weighted by atomic mass is 10.1. The lowest BCUT2D eigenvalue weighted by Gasteiger charge is -2.08. The Hall–Kier alpha value is -2.66. The van der Waals surface area contributed by atoms with Crippen molar-refractivity contribution in [3.8, 4) is 0 Å². The van der Waals surface area contributed by atoms with Crippen LogP contribution in [0.25, 0.3) is 0 Å². The summed E-state index contributed by atoms with van der Waals surface area (Å²) in [6.07, 6.45) is 6.47. The molecule has 3 rings (SSSR count). The predicted octanol–water partition coefficient (Wildman–Crippen LogP) is 5.39. The monoisotopic (exact) mass is 409 g/mol. The molecule has 5 nitrogen and oxygen atoms in total. The molecular weight excluding hydrogens is 382 g/mol. The molecule has 0 aliphatic rings. The Morgan fingerprint density at radius 2 is 1.03 bits per heavy atom. The number of anilines is 2. The van der Waals surface area contributed by atoms with E-state index in [1.54, 1.807) is 0 Å². The van der Waals surface area contributed by atoms with Crippen molar-refractivity contribution < 1.29 is 0 Å². The highest BCUT2D eigenvalue weighted by atomic mass is 35.5. The van der Waals surface area contributed by atoms with Crippen molar-refractivity contribution in [3.63, 3.8) is 0 Å². The molecule has 2 aromatic carbocycles. The van der Waals surface area contributed by atoms with Crippen molar-refractivity contribution in [3.05, 3.63) is 77.1 Å². The summed E-state index contributed by atoms with van der Waals surface area (Å²) in [7, 11) is 0. The summed E-state index contributed by atoms with van der Waals surface area (Å²) in [5.74, 6) is 1.05. The Morgan fingerprint density at radius 3 is 1.48 bits per heavy atom. The predicted molar refractivity (Wildman–Crippen MR) is 121 cm³/mol. The molecule has 0 bridgehead atoms. The van der Waals surface area contributed by atoms with Gasteiger partial charge in [-0.2, -0.15) is 15.0 Å². The molecule has 1 aromatic heterocycles. The number of rotatable bonds is 12. The first-order valence-corrected chi connectivity index (χ1v) is 10.6. The zero-order valence-corrected chi connectivity index (χ0v) is 17.4. The van der Waals surface area contributed by atoms with E-state index in [0.717, 1.165) is 51.6 Å². The molecule has 0 saturated carbocycles. The average molecular weight is 410 g/mol. The van der Waals surface area contributed by atoms with Crippen LogP contribution >= 0.6 is 11.6 Å². The molecule has 29 heavy (non-hydrogen) atoms. The number of aromatic nitrogens is 3. The Labute approximate surface area is 178 Å². The largest absolute Gasteiger partial charge is 0.354 e. The number of nitrogens with zero attached hydrogens (tertiary/aromatic N) is 3. The third kappa shape index (κ3) is 8.08. The van der Waals surface area contributed by atoms with E-state index in [0.29, 0.717) is 11.9 Å². The van der Waals surface area contributed by atoms with E-state index in [1.165, 1.54) is 11.1 Å². The van der Waals surface area contributed by atoms with Crippen LogP contribution in [0.3, 0.4) is 0 Å². The number of hydrogen-bond acceptors (Lipinski definition) is 5. The molecule has 0 fully saturated rings. The highest BCUT2D eigenvalue weighted by Crippen LogP contribution is 2.11. The number of hydrogen-bond donors (Lipinski definition) is 2. The van der Waals surface area contributed by atoms with Crippen LogP contribution in [0.1, 0.15) is 36.8 Å². The standard InChI is InChI=1S/C23H28ClN5/c24-21-27-22(25-17-9-7-15-19-11-3-1-4-12-19)29-23(28-21)26-18-10-8-16-20-13-5-2-6-14-20/h1-6,11-14H,7-10,15-18H2,(H2,25,26,27,28,29). The molecule has 6 heteroatoms. The molecule has 0 spiro atoms. The minimum atomic E-state index is 0.207. The van der Waals surface area contributed by atoms with Gasteiger partial charge < -0.3 is 10.6 Å². The lowest BCUT2D eigenvalue weighted by molar-refractivity contribution is 0.753. The van der Waals surface area contributed by atoms with Crippen molar-refractivity contribution in [1.29, 1.82) is 0 Å². The number of halogens is 1. The SMILES string of the molecule is Clc1nc(NCCCCc2ccccc2)nc(NCCCCc2ccccc2)n1. The molecule has 1 heterocycles. The fraction of sp³-hybridized carbons (Fsp3) is 0.348. The molecule has 2 N–H and O–H groups in total. The van der Waals surface area contributed by atoms with Gasteiger partial charge in [-0.1, -0.05) is 60.7 Å². The second kappa shape index (κ2) is 12.0. The second-order valence-electron chi connectivity index (χ2n) is 6.99. The lowest BCUT2D eigenvalue weighted by Crippen LogP contribution is -2.11. The van der Waals surface area contributed by atoms with Gasteiger partial charge in [-0.15, -0.1) is 0 Å². The van der Waals surface area contributed by atoms with E-state index < -0.39 is 0 Å². The number of nitrogens with one attached hydrogen (secondary N) is 2. The van der Waals surface area contributed by atoms with Crippen LogP contribution in [0.2, 0.25) is 5.28 Å². The van der Waals surface area contributed by atoms with Gasteiger partial charge in [0, 0.05) is 13.1 Å². The van der Waals surface area contributed by atoms with Gasteiger partial charge in [0.15, 0.2) is 0 Å². The molecule has 0 amide bonds. The van der Waals surface area contributed by atoms with Gasteiger partial charge in [0.05, 0.1) is 0 Å². The topological polar surface area (TPSA) is 62.7 Å². The first-order valence-electron chi connectivity index (χ1n) is 10.3. The normalized spacial score (nSPS) is 10.7. The molecule has 0 radical (unpaired) electrons. The van der Waals surface area contributed by atoms with Gasteiger partial charge in [-0.25, -0.2) is 0 Å². The average Bonchev–Trinajstić information content (AvgIpc) is 2.74. The minimum absolute atomic E-state index is 0.207. The Bertz CT molecular complexity index is 775. The summed E-state index contributed by atoms with van der Waals surface area (Å²) in [4.78, 5) is 12.7. The van der Waals surface area contributed by atoms with Gasteiger partial charge >= 0.3 is 0 Å². The zero-order valence-electron chi connectivity index (χ0n) is 16.6. The first-order chi connectivity index (χ1) is 14.3. The van der Waals surface area contributed by atoms with Crippen LogP contribution < -0.4 is 10.6 Å². The molecule has 152 valence electrons. The maximum absolute atomic E-state index is 6.05. The van der Waals surface area contributed by atoms with Crippen LogP contribution in [0.5, 0.6) is 0 Å². The van der Waals surface area contributed by atoms with Crippen molar-refractivity contribution in [2.24, 2.45) is 0 Å². The first kappa shape index (κ1) is 21.1. The van der Waals surface area contributed by atoms with Crippen LogP contribution in [-0.2, 0) is 12.8 Å². The van der Waals surface area contributed by atoms with Crippen molar-refractivity contribution >= 4 is 23.5 Å². The molecule has 0 aliphatic carbocycles. The Morgan fingerprint density at radius 1 is 0.586 bits per heavy atom. The van der Waals surface area contributed by atoms with Gasteiger partial charge in [0.25, 0.3) is 0 Å². The van der Waals surface area contributed by atoms with Crippen molar-refractivity contribution in [2.45, 2.75) is 38.5 Å². The van der Waals surface area contributed by atoms with Crippen LogP contribution in [0, 0.1) is 0 Å². The van der Waals surface area contributed by atoms with Crippen LogP contribution in [-0.4, -0.2) is 28.0 Å². The highest BCUT2D eigenvalue weighted by molar-refractivity contribution is 6.28. The van der Waals surface area contributed by atoms with E-state index in [1.807, 2.05) is 12.1 Å². The van der Waals surface area contributed by atoms with E-state index in [9.17, 15) is 0 Å². The molecule has 0 aliphatic heterocycles. The summed E-state index contributed by atoms with van der Waals surface area (Å²) >= 11 is 6.05. The van der Waals surface area contributed by atoms with Gasteiger partial charge in [0.1, 0.15) is 0 Å². The van der Waals surface area contributed by atoms with E-state index in [4.69, 9.17) is 11.6 Å². The number of unbranched alkanes of at least 4 members (excludes halogenated alkanes) is 2. The molecule has 0 unspecified atom stereocenters. The summed E-state index contributed by atoms with van der Waals surface area (Å²) in [5, 5.41) is 6.70. The minimum Gasteiger partial charge on any atom is -0.354 e. The number of aryl methyl sites for hydroxylation is 2. The van der Waals surface area contributed by atoms with Crippen LogP contribution in [0.15, 0.2) is 60.7 Å². The summed E-state index contributed by atoms with van der Waals surface area (Å²) in [6.45, 7) is 1.62. The maximum atomic E-state index is 6.05. The van der Waals surface area contributed by atoms with E-state index >= 15 is 0 Å². The molecule has 3 aromatic rings. The van der Waals surface area contributed by atoms with Gasteiger partial charge in [0.2, 0.25) is 17.2 Å². The van der Waals surface area contributed by atoms with Crippen molar-refractivity contribution in [2.75, 3.05) is 23.7 Å². The molecular formula is C23H28ClN5. The van der Waals surface area contributed by atoms with Gasteiger partial charge in [-0.05, 0) is 61.3 Å². The summed E-state index contributed by atoms with van der Waals surface area (Å²) in [6, 6.07) is 21.1. The molecule has 0 atom stereocenters. The third-order valence-corrected chi connectivity index (χ3v) is 4.81. The summed E-state index contributed by atoms with van der Waals surface area (Å²) in [5.41, 5.74) is 2.74. The second-order valence-corrected chi connectivity index (χ2v) is 7.33. The fourth-order valence-electron chi connectivity index (χ4n) is 3.11. The molecule has 0 saturated heterocycles. The quantitative estimate of drug-likeness (QED) is 0.392. The third-order valence-electron chi connectivity index (χ3n) is 4.64. The zero-order chi connectivity index (χ0) is 20.2. The Balaban J connectivity index is 1.34. The van der Waals surface area contributed by atoms with E-state index in [2.05, 4.69) is 74.1 Å². The smallest absolute Gasteiger partial charge is 0.228 e. The Kier molecular flexibility index (Phi) is 8.73. The number of benzene rings is 2.